The Kier molecular flexibility index (Phi) is 3.93. The molecule has 0 atom stereocenters. The van der Waals surface area contributed by atoms with E-state index in [1.807, 2.05) is 18.4 Å². The van der Waals surface area contributed by atoms with Crippen LogP contribution in [0.5, 0.6) is 5.88 Å². The van der Waals surface area contributed by atoms with E-state index in [0.29, 0.717) is 23.8 Å². The number of rotatable bonds is 5. The molecule has 7 heteroatoms. The zero-order valence-corrected chi connectivity index (χ0v) is 11.5. The lowest BCUT2D eigenvalue weighted by atomic mass is 10.5. The average Bonchev–Trinajstić information content (AvgIpc) is 2.65. The lowest BCUT2D eigenvalue weighted by Gasteiger charge is -2.08. The van der Waals surface area contributed by atoms with E-state index >= 15 is 0 Å². The molecule has 98 valence electrons. The van der Waals surface area contributed by atoms with E-state index in [0.717, 1.165) is 11.2 Å². The van der Waals surface area contributed by atoms with E-state index in [9.17, 15) is 0 Å². The molecule has 0 aliphatic carbocycles. The van der Waals surface area contributed by atoms with Gasteiger partial charge >= 0.3 is 0 Å². The first-order valence-corrected chi connectivity index (χ1v) is 6.13. The largest absolute Gasteiger partial charge is 0.479 e. The number of aromatic nitrogens is 4. The molecule has 0 aliphatic rings. The van der Waals surface area contributed by atoms with Crippen LogP contribution >= 0.6 is 12.2 Å². The second-order valence-electron chi connectivity index (χ2n) is 4.08. The van der Waals surface area contributed by atoms with Crippen molar-refractivity contribution in [3.63, 3.8) is 0 Å². The second kappa shape index (κ2) is 5.45. The van der Waals surface area contributed by atoms with Crippen LogP contribution in [0.3, 0.4) is 0 Å². The van der Waals surface area contributed by atoms with E-state index in [1.54, 1.807) is 7.11 Å². The van der Waals surface area contributed by atoms with Crippen LogP contribution in [0.2, 0.25) is 0 Å². The number of hydrogen-bond acceptors (Lipinski definition) is 5. The standard InChI is InChI=1S/C11H16N4O2S/c1-7(2)17-5-4-15-9-8(14-11(15)18)10(16-3)13-6-12-9/h6-7H,4-5H2,1-3H3,(H,14,18). The number of H-pyrrole nitrogens is 1. The molecule has 6 nitrogen and oxygen atoms in total. The van der Waals surface area contributed by atoms with Gasteiger partial charge in [-0.05, 0) is 26.1 Å². The first-order chi connectivity index (χ1) is 8.63. The molecule has 2 aromatic heterocycles. The van der Waals surface area contributed by atoms with Gasteiger partial charge in [0.1, 0.15) is 11.8 Å². The van der Waals surface area contributed by atoms with Gasteiger partial charge in [-0.2, -0.15) is 4.98 Å². The zero-order valence-electron chi connectivity index (χ0n) is 10.6. The molecular formula is C11H16N4O2S. The van der Waals surface area contributed by atoms with Crippen molar-refractivity contribution in [1.29, 1.82) is 0 Å². The normalized spacial score (nSPS) is 11.3. The van der Waals surface area contributed by atoms with Crippen molar-refractivity contribution >= 4 is 23.4 Å². The molecule has 0 spiro atoms. The number of ether oxygens (including phenoxy) is 2. The van der Waals surface area contributed by atoms with Crippen molar-refractivity contribution in [2.75, 3.05) is 13.7 Å². The quantitative estimate of drug-likeness (QED) is 0.839. The minimum absolute atomic E-state index is 0.202. The molecule has 1 N–H and O–H groups in total. The Morgan fingerprint density at radius 2 is 2.22 bits per heavy atom. The SMILES string of the molecule is COc1ncnc2c1[nH]c(=S)n2CCOC(C)C. The fourth-order valence-corrected chi connectivity index (χ4v) is 1.97. The Labute approximate surface area is 110 Å². The van der Waals surface area contributed by atoms with Gasteiger partial charge in [0, 0.05) is 0 Å². The highest BCUT2D eigenvalue weighted by molar-refractivity contribution is 7.71. The maximum absolute atomic E-state index is 5.52. The third kappa shape index (κ3) is 2.51. The molecule has 2 aromatic rings. The molecule has 0 fully saturated rings. The van der Waals surface area contributed by atoms with Crippen LogP contribution in [0.25, 0.3) is 11.2 Å². The van der Waals surface area contributed by atoms with Gasteiger partial charge in [-0.1, -0.05) is 0 Å². The smallest absolute Gasteiger partial charge is 0.242 e. The van der Waals surface area contributed by atoms with Crippen LogP contribution in [0, 0.1) is 4.77 Å². The summed E-state index contributed by atoms with van der Waals surface area (Å²) in [5.74, 6) is 0.495. The second-order valence-corrected chi connectivity index (χ2v) is 4.47. The lowest BCUT2D eigenvalue weighted by molar-refractivity contribution is 0.0730. The highest BCUT2D eigenvalue weighted by Gasteiger charge is 2.11. The van der Waals surface area contributed by atoms with E-state index in [4.69, 9.17) is 21.7 Å². The number of nitrogens with one attached hydrogen (secondary N) is 1. The third-order valence-electron chi connectivity index (χ3n) is 2.48. The maximum Gasteiger partial charge on any atom is 0.242 e. The highest BCUT2D eigenvalue weighted by atomic mass is 32.1. The van der Waals surface area contributed by atoms with Crippen molar-refractivity contribution in [3.05, 3.63) is 11.1 Å². The van der Waals surface area contributed by atoms with Gasteiger partial charge in [0.2, 0.25) is 5.88 Å². The molecule has 0 amide bonds. The van der Waals surface area contributed by atoms with Crippen LogP contribution in [0.1, 0.15) is 13.8 Å². The van der Waals surface area contributed by atoms with Crippen LogP contribution in [0.15, 0.2) is 6.33 Å². The highest BCUT2D eigenvalue weighted by Crippen LogP contribution is 2.19. The minimum atomic E-state index is 0.202. The van der Waals surface area contributed by atoms with E-state index in [-0.39, 0.29) is 6.10 Å². The van der Waals surface area contributed by atoms with E-state index in [2.05, 4.69) is 15.0 Å². The Bertz CT molecular complexity index is 590. The van der Waals surface area contributed by atoms with Crippen molar-refractivity contribution in [2.24, 2.45) is 0 Å². The number of imidazole rings is 1. The predicted molar refractivity (Wildman–Crippen MR) is 70.4 cm³/mol. The summed E-state index contributed by atoms with van der Waals surface area (Å²) in [6.45, 7) is 5.24. The summed E-state index contributed by atoms with van der Waals surface area (Å²) >= 11 is 5.27. The van der Waals surface area contributed by atoms with Gasteiger partial charge in [-0.15, -0.1) is 0 Å². The van der Waals surface area contributed by atoms with E-state index < -0.39 is 0 Å². The molecule has 0 saturated carbocycles. The van der Waals surface area contributed by atoms with Gasteiger partial charge in [0.05, 0.1) is 26.4 Å². The summed E-state index contributed by atoms with van der Waals surface area (Å²) in [4.78, 5) is 11.3. The molecule has 0 saturated heterocycles. The molecule has 18 heavy (non-hydrogen) atoms. The Morgan fingerprint density at radius 1 is 1.44 bits per heavy atom. The minimum Gasteiger partial charge on any atom is -0.479 e. The summed E-state index contributed by atoms with van der Waals surface area (Å²) in [6.07, 6.45) is 1.66. The summed E-state index contributed by atoms with van der Waals surface area (Å²) in [5.41, 5.74) is 1.45. The number of methoxy groups -OCH3 is 1. The van der Waals surface area contributed by atoms with Crippen molar-refractivity contribution in [2.45, 2.75) is 26.5 Å². The van der Waals surface area contributed by atoms with E-state index in [1.165, 1.54) is 6.33 Å². The number of nitrogens with zero attached hydrogens (tertiary/aromatic N) is 3. The summed E-state index contributed by atoms with van der Waals surface area (Å²) in [7, 11) is 1.57. The molecule has 0 unspecified atom stereocenters. The van der Waals surface area contributed by atoms with Gasteiger partial charge < -0.3 is 14.5 Å². The van der Waals surface area contributed by atoms with Gasteiger partial charge in [-0.3, -0.25) is 4.57 Å². The van der Waals surface area contributed by atoms with Crippen LogP contribution in [-0.2, 0) is 11.3 Å². The van der Waals surface area contributed by atoms with Crippen LogP contribution in [-0.4, -0.2) is 39.3 Å². The summed E-state index contributed by atoms with van der Waals surface area (Å²) < 4.78 is 13.2. The molecule has 0 bridgehead atoms. The topological polar surface area (TPSA) is 65.0 Å². The Hall–Kier alpha value is -1.47. The first-order valence-electron chi connectivity index (χ1n) is 5.72. The summed E-state index contributed by atoms with van der Waals surface area (Å²) in [6, 6.07) is 0. The molecule has 2 rings (SSSR count). The van der Waals surface area contributed by atoms with Crippen LogP contribution < -0.4 is 4.74 Å². The van der Waals surface area contributed by atoms with Gasteiger partial charge in [-0.25, -0.2) is 4.98 Å². The summed E-state index contributed by atoms with van der Waals surface area (Å²) in [5, 5.41) is 0. The monoisotopic (exact) mass is 268 g/mol. The van der Waals surface area contributed by atoms with Gasteiger partial charge in [0.15, 0.2) is 10.4 Å². The first kappa shape index (κ1) is 13.0. The molecule has 0 radical (unpaired) electrons. The van der Waals surface area contributed by atoms with Crippen molar-refractivity contribution in [3.8, 4) is 5.88 Å². The lowest BCUT2D eigenvalue weighted by Crippen LogP contribution is -2.11. The fraction of sp³-hybridized carbons (Fsp3) is 0.545. The molecule has 0 aliphatic heterocycles. The third-order valence-corrected chi connectivity index (χ3v) is 2.81. The Morgan fingerprint density at radius 3 is 2.89 bits per heavy atom. The number of hydrogen-bond donors (Lipinski definition) is 1. The maximum atomic E-state index is 5.52. The predicted octanol–water partition coefficient (Wildman–Crippen LogP) is 1.92. The molecule has 2 heterocycles. The fourth-order valence-electron chi connectivity index (χ4n) is 1.69. The molecular weight excluding hydrogens is 252 g/mol. The average molecular weight is 268 g/mol. The Balaban J connectivity index is 2.33. The zero-order chi connectivity index (χ0) is 13.1. The molecule has 0 aromatic carbocycles. The number of fused-ring (bicyclic) bond motifs is 1. The number of aromatic amines is 1. The van der Waals surface area contributed by atoms with Crippen molar-refractivity contribution in [1.82, 2.24) is 19.5 Å². The van der Waals surface area contributed by atoms with Crippen molar-refractivity contribution < 1.29 is 9.47 Å². The van der Waals surface area contributed by atoms with Gasteiger partial charge in [0.25, 0.3) is 0 Å². The van der Waals surface area contributed by atoms with Crippen LogP contribution in [0.4, 0.5) is 0 Å².